The fourth-order valence-corrected chi connectivity index (χ4v) is 4.59. The van der Waals surface area contributed by atoms with Crippen LogP contribution in [0.2, 0.25) is 0 Å². The van der Waals surface area contributed by atoms with Crippen LogP contribution in [0.5, 0.6) is 0 Å². The van der Waals surface area contributed by atoms with E-state index in [-0.39, 0.29) is 10.6 Å². The molecule has 1 saturated carbocycles. The number of nitro benzene ring substituents is 1. The molecule has 1 aliphatic carbocycles. The first-order valence-corrected chi connectivity index (χ1v) is 11.0. The Morgan fingerprint density at radius 1 is 0.964 bits per heavy atom. The lowest BCUT2D eigenvalue weighted by molar-refractivity contribution is -0.384. The molecular formula is C25H33NO2. The van der Waals surface area contributed by atoms with Crippen LogP contribution in [0, 0.1) is 16.0 Å². The number of hydrogen-bond acceptors (Lipinski definition) is 2. The van der Waals surface area contributed by atoms with Crippen molar-refractivity contribution in [3.8, 4) is 11.1 Å². The summed E-state index contributed by atoms with van der Waals surface area (Å²) >= 11 is 0. The Bertz CT molecular complexity index is 774. The largest absolute Gasteiger partial charge is 0.277 e. The van der Waals surface area contributed by atoms with Gasteiger partial charge in [-0.2, -0.15) is 0 Å². The molecule has 0 bridgehead atoms. The predicted molar refractivity (Wildman–Crippen MR) is 117 cm³/mol. The molecule has 3 rings (SSSR count). The van der Waals surface area contributed by atoms with Gasteiger partial charge in [0.1, 0.15) is 0 Å². The van der Waals surface area contributed by atoms with E-state index in [1.165, 1.54) is 56.9 Å². The van der Waals surface area contributed by atoms with Gasteiger partial charge in [-0.3, -0.25) is 10.1 Å². The van der Waals surface area contributed by atoms with Gasteiger partial charge in [-0.05, 0) is 66.7 Å². The lowest BCUT2D eigenvalue weighted by Gasteiger charge is -2.29. The summed E-state index contributed by atoms with van der Waals surface area (Å²) in [4.78, 5) is 11.5. The standard InChI is InChI=1S/C25H33NO2/c1-3-5-6-7-20-10-12-21(13-11-20)23-16-17-24(25(18-23)26(27)28)22-14-8-19(4-2)9-15-22/h8-9,14-18,20-21H,3-7,10-13H2,1-2H3/t20-,21-. The second-order valence-electron chi connectivity index (χ2n) is 8.30. The van der Waals surface area contributed by atoms with Crippen LogP contribution in [-0.2, 0) is 6.42 Å². The molecule has 0 saturated heterocycles. The van der Waals surface area contributed by atoms with Gasteiger partial charge in [0.05, 0.1) is 10.5 Å². The van der Waals surface area contributed by atoms with Crippen molar-refractivity contribution in [1.82, 2.24) is 0 Å². The van der Waals surface area contributed by atoms with E-state index in [0.717, 1.165) is 29.0 Å². The number of rotatable bonds is 8. The highest BCUT2D eigenvalue weighted by Crippen LogP contribution is 2.40. The average molecular weight is 380 g/mol. The average Bonchev–Trinajstić information content (AvgIpc) is 2.74. The molecule has 28 heavy (non-hydrogen) atoms. The van der Waals surface area contributed by atoms with Crippen molar-refractivity contribution in [2.45, 2.75) is 77.6 Å². The monoisotopic (exact) mass is 379 g/mol. The van der Waals surface area contributed by atoms with Crippen LogP contribution >= 0.6 is 0 Å². The first-order chi connectivity index (χ1) is 13.6. The first kappa shape index (κ1) is 20.6. The molecule has 0 N–H and O–H groups in total. The molecule has 0 heterocycles. The SMILES string of the molecule is CCCCC[C@H]1CC[C@H](c2ccc(-c3ccc(CC)cc3)c([N+](=O)[O-])c2)CC1. The van der Waals surface area contributed by atoms with Crippen LogP contribution in [0.3, 0.4) is 0 Å². The van der Waals surface area contributed by atoms with Crippen LogP contribution in [0.1, 0.15) is 82.3 Å². The van der Waals surface area contributed by atoms with Crippen LogP contribution in [0.4, 0.5) is 5.69 Å². The number of hydrogen-bond donors (Lipinski definition) is 0. The van der Waals surface area contributed by atoms with Gasteiger partial charge in [-0.1, -0.05) is 69.9 Å². The van der Waals surface area contributed by atoms with E-state index in [9.17, 15) is 10.1 Å². The highest BCUT2D eigenvalue weighted by Gasteiger charge is 2.25. The molecule has 1 aliphatic rings. The van der Waals surface area contributed by atoms with Gasteiger partial charge in [-0.15, -0.1) is 0 Å². The molecule has 0 atom stereocenters. The maximum absolute atomic E-state index is 11.8. The minimum atomic E-state index is -0.219. The van der Waals surface area contributed by atoms with Crippen molar-refractivity contribution in [3.63, 3.8) is 0 Å². The maximum atomic E-state index is 11.8. The third-order valence-corrected chi connectivity index (χ3v) is 6.43. The molecule has 0 radical (unpaired) electrons. The van der Waals surface area contributed by atoms with Crippen molar-refractivity contribution < 1.29 is 4.92 Å². The zero-order chi connectivity index (χ0) is 19.9. The van der Waals surface area contributed by atoms with Crippen LogP contribution < -0.4 is 0 Å². The third-order valence-electron chi connectivity index (χ3n) is 6.43. The van der Waals surface area contributed by atoms with E-state index in [2.05, 4.69) is 32.0 Å². The topological polar surface area (TPSA) is 43.1 Å². The van der Waals surface area contributed by atoms with Gasteiger partial charge in [0.15, 0.2) is 0 Å². The van der Waals surface area contributed by atoms with Gasteiger partial charge in [0, 0.05) is 6.07 Å². The summed E-state index contributed by atoms with van der Waals surface area (Å²) in [5, 5.41) is 11.8. The Kier molecular flexibility index (Phi) is 7.24. The zero-order valence-electron chi connectivity index (χ0n) is 17.3. The molecule has 3 nitrogen and oxygen atoms in total. The van der Waals surface area contributed by atoms with Crippen molar-refractivity contribution in [2.24, 2.45) is 5.92 Å². The molecule has 0 aliphatic heterocycles. The normalized spacial score (nSPS) is 19.5. The summed E-state index contributed by atoms with van der Waals surface area (Å²) in [5.41, 5.74) is 4.29. The lowest BCUT2D eigenvalue weighted by Crippen LogP contribution is -2.13. The van der Waals surface area contributed by atoms with Crippen molar-refractivity contribution >= 4 is 5.69 Å². The smallest absolute Gasteiger partial charge is 0.258 e. The van der Waals surface area contributed by atoms with Crippen LogP contribution in [0.25, 0.3) is 11.1 Å². The highest BCUT2D eigenvalue weighted by molar-refractivity contribution is 5.74. The van der Waals surface area contributed by atoms with E-state index < -0.39 is 0 Å². The fourth-order valence-electron chi connectivity index (χ4n) is 4.59. The maximum Gasteiger partial charge on any atom is 0.277 e. The number of benzene rings is 2. The van der Waals surface area contributed by atoms with E-state index >= 15 is 0 Å². The minimum Gasteiger partial charge on any atom is -0.258 e. The molecule has 0 unspecified atom stereocenters. The van der Waals surface area contributed by atoms with E-state index in [0.29, 0.717) is 5.92 Å². The number of aryl methyl sites for hydroxylation is 1. The Balaban J connectivity index is 1.73. The highest BCUT2D eigenvalue weighted by atomic mass is 16.6. The van der Waals surface area contributed by atoms with Crippen molar-refractivity contribution in [1.29, 1.82) is 0 Å². The first-order valence-electron chi connectivity index (χ1n) is 11.0. The van der Waals surface area contributed by atoms with Gasteiger partial charge >= 0.3 is 0 Å². The Morgan fingerprint density at radius 3 is 2.29 bits per heavy atom. The molecule has 2 aromatic rings. The van der Waals surface area contributed by atoms with Crippen LogP contribution in [-0.4, -0.2) is 4.92 Å². The van der Waals surface area contributed by atoms with Crippen molar-refractivity contribution in [3.05, 3.63) is 63.7 Å². The Hall–Kier alpha value is -2.16. The molecular weight excluding hydrogens is 346 g/mol. The van der Waals surface area contributed by atoms with Gasteiger partial charge in [-0.25, -0.2) is 0 Å². The summed E-state index contributed by atoms with van der Waals surface area (Å²) in [6.45, 7) is 4.37. The van der Waals surface area contributed by atoms with E-state index in [1.807, 2.05) is 24.3 Å². The van der Waals surface area contributed by atoms with Crippen molar-refractivity contribution in [2.75, 3.05) is 0 Å². The Labute approximate surface area is 169 Å². The molecule has 0 amide bonds. The van der Waals surface area contributed by atoms with E-state index in [4.69, 9.17) is 0 Å². The zero-order valence-corrected chi connectivity index (χ0v) is 17.3. The lowest BCUT2D eigenvalue weighted by atomic mass is 9.76. The second-order valence-corrected chi connectivity index (χ2v) is 8.30. The fraction of sp³-hybridized carbons (Fsp3) is 0.520. The third kappa shape index (κ3) is 5.01. The van der Waals surface area contributed by atoms with Gasteiger partial charge in [0.25, 0.3) is 5.69 Å². The van der Waals surface area contributed by atoms with Gasteiger partial charge in [0.2, 0.25) is 0 Å². The summed E-state index contributed by atoms with van der Waals surface area (Å²) in [5.74, 6) is 1.33. The molecule has 0 aromatic heterocycles. The molecule has 1 fully saturated rings. The van der Waals surface area contributed by atoms with Gasteiger partial charge < -0.3 is 0 Å². The summed E-state index contributed by atoms with van der Waals surface area (Å²) in [6, 6.07) is 14.1. The number of unbranched alkanes of at least 4 members (excludes halogenated alkanes) is 2. The molecule has 150 valence electrons. The van der Waals surface area contributed by atoms with E-state index in [1.54, 1.807) is 0 Å². The number of nitrogens with zero attached hydrogens (tertiary/aromatic N) is 1. The molecule has 3 heteroatoms. The Morgan fingerprint density at radius 2 is 1.68 bits per heavy atom. The molecule has 0 spiro atoms. The molecule has 2 aromatic carbocycles. The summed E-state index contributed by atoms with van der Waals surface area (Å²) in [7, 11) is 0. The summed E-state index contributed by atoms with van der Waals surface area (Å²) in [6.07, 6.45) is 11.2. The quantitative estimate of drug-likeness (QED) is 0.268. The summed E-state index contributed by atoms with van der Waals surface area (Å²) < 4.78 is 0. The minimum absolute atomic E-state index is 0.219. The predicted octanol–water partition coefficient (Wildman–Crippen LogP) is 7.68. The van der Waals surface area contributed by atoms with Crippen LogP contribution in [0.15, 0.2) is 42.5 Å². The number of nitro groups is 1. The second kappa shape index (κ2) is 9.86.